The molecule has 0 radical (unpaired) electrons. The van der Waals surface area contributed by atoms with E-state index < -0.39 is 0 Å². The number of hydrogen-bond acceptors (Lipinski definition) is 3. The van der Waals surface area contributed by atoms with Gasteiger partial charge in [-0.1, -0.05) is 20.8 Å². The Labute approximate surface area is 134 Å². The third-order valence-corrected chi connectivity index (χ3v) is 4.88. The molecule has 2 unspecified atom stereocenters. The number of amides is 2. The van der Waals surface area contributed by atoms with Crippen molar-refractivity contribution in [2.45, 2.75) is 46.1 Å². The molecule has 2 amide bonds. The highest BCUT2D eigenvalue weighted by atomic mass is 16.2. The second-order valence-corrected chi connectivity index (χ2v) is 7.45. The molecule has 2 aliphatic rings. The van der Waals surface area contributed by atoms with Crippen molar-refractivity contribution in [3.63, 3.8) is 0 Å². The number of nitrogens with zero attached hydrogens (tertiary/aromatic N) is 2. The molecule has 0 bridgehead atoms. The fourth-order valence-corrected chi connectivity index (χ4v) is 3.05. The van der Waals surface area contributed by atoms with Crippen LogP contribution in [0.4, 0.5) is 0 Å². The van der Waals surface area contributed by atoms with Crippen LogP contribution < -0.4 is 5.32 Å². The van der Waals surface area contributed by atoms with Crippen LogP contribution in [0.25, 0.3) is 0 Å². The Morgan fingerprint density at radius 2 is 1.68 bits per heavy atom. The van der Waals surface area contributed by atoms with Gasteiger partial charge in [0.05, 0.1) is 0 Å². The first kappa shape index (κ1) is 17.3. The predicted molar refractivity (Wildman–Crippen MR) is 87.4 cm³/mol. The van der Waals surface area contributed by atoms with Crippen LogP contribution in [0.2, 0.25) is 0 Å². The Hall–Kier alpha value is -1.10. The quantitative estimate of drug-likeness (QED) is 0.805. The van der Waals surface area contributed by atoms with E-state index in [4.69, 9.17) is 0 Å². The van der Waals surface area contributed by atoms with E-state index >= 15 is 0 Å². The lowest BCUT2D eigenvalue weighted by Gasteiger charge is -2.35. The van der Waals surface area contributed by atoms with Gasteiger partial charge in [0.1, 0.15) is 6.04 Å². The summed E-state index contributed by atoms with van der Waals surface area (Å²) in [6, 6.07) is -0.364. The van der Waals surface area contributed by atoms with E-state index in [0.29, 0.717) is 18.3 Å². The topological polar surface area (TPSA) is 52.7 Å². The first-order chi connectivity index (χ1) is 10.4. The van der Waals surface area contributed by atoms with Crippen molar-refractivity contribution >= 4 is 11.8 Å². The maximum Gasteiger partial charge on any atom is 0.245 e. The molecule has 1 saturated carbocycles. The number of piperazine rings is 1. The third-order valence-electron chi connectivity index (χ3n) is 4.88. The minimum Gasteiger partial charge on any atom is -0.344 e. The van der Waals surface area contributed by atoms with Crippen LogP contribution in [-0.2, 0) is 9.59 Å². The molecule has 22 heavy (non-hydrogen) atoms. The van der Waals surface area contributed by atoms with Crippen LogP contribution in [-0.4, -0.2) is 60.9 Å². The zero-order valence-corrected chi connectivity index (χ0v) is 14.5. The zero-order valence-electron chi connectivity index (χ0n) is 14.5. The first-order valence-electron chi connectivity index (χ1n) is 8.66. The Morgan fingerprint density at radius 1 is 1.09 bits per heavy atom. The lowest BCUT2D eigenvalue weighted by atomic mass is 10.00. The summed E-state index contributed by atoms with van der Waals surface area (Å²) in [6.07, 6.45) is 3.01. The number of likely N-dealkylation sites (N-methyl/N-ethyl adjacent to an activating group) is 1. The molecule has 1 N–H and O–H groups in total. The van der Waals surface area contributed by atoms with E-state index in [9.17, 15) is 9.59 Å². The summed E-state index contributed by atoms with van der Waals surface area (Å²) < 4.78 is 0. The SMILES string of the molecule is CC(C)CC(NC(=O)C(C)C1CC1)C(=O)N1CCN(C)CC1. The summed E-state index contributed by atoms with van der Waals surface area (Å²) in [7, 11) is 2.08. The minimum atomic E-state index is -0.364. The van der Waals surface area contributed by atoms with Crippen LogP contribution in [0.5, 0.6) is 0 Å². The standard InChI is InChI=1S/C17H31N3O2/c1-12(2)11-15(18-16(21)13(3)14-5-6-14)17(22)20-9-7-19(4)8-10-20/h12-15H,5-11H2,1-4H3,(H,18,21). The van der Waals surface area contributed by atoms with Crippen LogP contribution >= 0.6 is 0 Å². The highest BCUT2D eigenvalue weighted by molar-refractivity contribution is 5.88. The van der Waals surface area contributed by atoms with E-state index in [2.05, 4.69) is 31.1 Å². The molecule has 2 fully saturated rings. The van der Waals surface area contributed by atoms with E-state index in [0.717, 1.165) is 39.0 Å². The molecule has 2 atom stereocenters. The van der Waals surface area contributed by atoms with Crippen molar-refractivity contribution in [3.05, 3.63) is 0 Å². The van der Waals surface area contributed by atoms with Crippen molar-refractivity contribution in [1.82, 2.24) is 15.1 Å². The number of carbonyl (C=O) groups is 2. The van der Waals surface area contributed by atoms with E-state index in [1.165, 1.54) is 0 Å². The minimum absolute atomic E-state index is 0.0370. The Morgan fingerprint density at radius 3 is 2.18 bits per heavy atom. The average molecular weight is 309 g/mol. The summed E-state index contributed by atoms with van der Waals surface area (Å²) in [6.45, 7) is 9.52. The molecule has 1 aliphatic carbocycles. The molecular formula is C17H31N3O2. The van der Waals surface area contributed by atoms with Gasteiger partial charge < -0.3 is 15.1 Å². The molecule has 5 nitrogen and oxygen atoms in total. The summed E-state index contributed by atoms with van der Waals surface area (Å²) in [5, 5.41) is 3.03. The number of carbonyl (C=O) groups excluding carboxylic acids is 2. The number of hydrogen-bond donors (Lipinski definition) is 1. The molecule has 1 aliphatic heterocycles. The normalized spacial score (nSPS) is 22.5. The summed E-state index contributed by atoms with van der Waals surface area (Å²) in [5.41, 5.74) is 0. The van der Waals surface area contributed by atoms with Crippen molar-refractivity contribution < 1.29 is 9.59 Å². The van der Waals surface area contributed by atoms with Gasteiger partial charge in [-0.15, -0.1) is 0 Å². The van der Waals surface area contributed by atoms with Gasteiger partial charge in [-0.3, -0.25) is 9.59 Å². The van der Waals surface area contributed by atoms with Gasteiger partial charge in [-0.2, -0.15) is 0 Å². The maximum absolute atomic E-state index is 12.8. The van der Waals surface area contributed by atoms with Gasteiger partial charge in [0, 0.05) is 32.1 Å². The fourth-order valence-electron chi connectivity index (χ4n) is 3.05. The summed E-state index contributed by atoms with van der Waals surface area (Å²) >= 11 is 0. The molecule has 0 spiro atoms. The van der Waals surface area contributed by atoms with Crippen molar-refractivity contribution in [1.29, 1.82) is 0 Å². The Kier molecular flexibility index (Phi) is 5.84. The van der Waals surface area contributed by atoms with E-state index in [1.807, 2.05) is 11.8 Å². The van der Waals surface area contributed by atoms with Crippen molar-refractivity contribution in [3.8, 4) is 0 Å². The van der Waals surface area contributed by atoms with Crippen molar-refractivity contribution in [2.24, 2.45) is 17.8 Å². The van der Waals surface area contributed by atoms with Gasteiger partial charge in [0.25, 0.3) is 0 Å². The van der Waals surface area contributed by atoms with Crippen molar-refractivity contribution in [2.75, 3.05) is 33.2 Å². The maximum atomic E-state index is 12.8. The van der Waals surface area contributed by atoms with Gasteiger partial charge in [0.2, 0.25) is 11.8 Å². The molecule has 0 aromatic heterocycles. The van der Waals surface area contributed by atoms with Gasteiger partial charge >= 0.3 is 0 Å². The van der Waals surface area contributed by atoms with Crippen LogP contribution in [0, 0.1) is 17.8 Å². The molecular weight excluding hydrogens is 278 g/mol. The predicted octanol–water partition coefficient (Wildman–Crippen LogP) is 1.34. The second kappa shape index (κ2) is 7.44. The number of nitrogens with one attached hydrogen (secondary N) is 1. The molecule has 126 valence electrons. The van der Waals surface area contributed by atoms with Crippen LogP contribution in [0.3, 0.4) is 0 Å². The highest BCUT2D eigenvalue weighted by Crippen LogP contribution is 2.36. The van der Waals surface area contributed by atoms with E-state index in [1.54, 1.807) is 0 Å². The highest BCUT2D eigenvalue weighted by Gasteiger charge is 2.35. The average Bonchev–Trinajstić information content (AvgIpc) is 3.30. The smallest absolute Gasteiger partial charge is 0.245 e. The third kappa shape index (κ3) is 4.70. The molecule has 5 heteroatoms. The largest absolute Gasteiger partial charge is 0.344 e. The second-order valence-electron chi connectivity index (χ2n) is 7.45. The molecule has 2 rings (SSSR count). The lowest BCUT2D eigenvalue weighted by Crippen LogP contribution is -2.55. The number of rotatable bonds is 6. The van der Waals surface area contributed by atoms with E-state index in [-0.39, 0.29) is 23.8 Å². The lowest BCUT2D eigenvalue weighted by molar-refractivity contribution is -0.139. The summed E-state index contributed by atoms with van der Waals surface area (Å²) in [5.74, 6) is 1.10. The molecule has 1 saturated heterocycles. The van der Waals surface area contributed by atoms with Gasteiger partial charge in [-0.05, 0) is 38.1 Å². The molecule has 0 aromatic rings. The van der Waals surface area contributed by atoms with Gasteiger partial charge in [0.15, 0.2) is 0 Å². The molecule has 1 heterocycles. The fraction of sp³-hybridized carbons (Fsp3) is 0.882. The first-order valence-corrected chi connectivity index (χ1v) is 8.66. The Balaban J connectivity index is 1.95. The van der Waals surface area contributed by atoms with Crippen LogP contribution in [0.15, 0.2) is 0 Å². The Bertz CT molecular complexity index is 399. The van der Waals surface area contributed by atoms with Crippen LogP contribution in [0.1, 0.15) is 40.0 Å². The molecule has 0 aromatic carbocycles. The van der Waals surface area contributed by atoms with Gasteiger partial charge in [-0.25, -0.2) is 0 Å². The zero-order chi connectivity index (χ0) is 16.3. The monoisotopic (exact) mass is 309 g/mol. The summed E-state index contributed by atoms with van der Waals surface area (Å²) in [4.78, 5) is 29.3.